The van der Waals surface area contributed by atoms with Gasteiger partial charge in [0.2, 0.25) is 0 Å². The maximum absolute atomic E-state index is 11.7. The zero-order valence-electron chi connectivity index (χ0n) is 11.6. The van der Waals surface area contributed by atoms with Crippen LogP contribution in [0.3, 0.4) is 0 Å². The van der Waals surface area contributed by atoms with Gasteiger partial charge in [-0.1, -0.05) is 27.7 Å². The zero-order valence-corrected chi connectivity index (χ0v) is 14.0. The molecule has 2 aromatic rings. The van der Waals surface area contributed by atoms with Crippen molar-refractivity contribution in [2.45, 2.75) is 16.7 Å². The Morgan fingerprint density at radius 1 is 1.27 bits per heavy atom. The molecule has 22 heavy (non-hydrogen) atoms. The van der Waals surface area contributed by atoms with Gasteiger partial charge in [0.1, 0.15) is 0 Å². The second kappa shape index (κ2) is 7.42. The molecule has 0 spiro atoms. The minimum absolute atomic E-state index is 0.113. The Morgan fingerprint density at radius 3 is 2.55 bits per heavy atom. The summed E-state index contributed by atoms with van der Waals surface area (Å²) >= 11 is 4.61. The van der Waals surface area contributed by atoms with Gasteiger partial charge in [0.05, 0.1) is 22.0 Å². The van der Waals surface area contributed by atoms with Crippen molar-refractivity contribution < 1.29 is 14.5 Å². The maximum Gasteiger partial charge on any atom is 0.338 e. The van der Waals surface area contributed by atoms with E-state index in [0.717, 1.165) is 9.37 Å². The van der Waals surface area contributed by atoms with Gasteiger partial charge in [-0.2, -0.15) is 0 Å². The molecule has 7 heteroatoms. The fourth-order valence-corrected chi connectivity index (χ4v) is 2.88. The molecular formula is C15H12BrNO4S. The fourth-order valence-electron chi connectivity index (χ4n) is 1.72. The van der Waals surface area contributed by atoms with E-state index < -0.39 is 10.9 Å². The average Bonchev–Trinajstić information content (AvgIpc) is 2.50. The molecule has 0 saturated heterocycles. The predicted octanol–water partition coefficient (Wildman–Crippen LogP) is 4.69. The second-order valence-corrected chi connectivity index (χ2v) is 6.25. The Morgan fingerprint density at radius 2 is 1.95 bits per heavy atom. The highest BCUT2D eigenvalue weighted by molar-refractivity contribution is 9.10. The summed E-state index contributed by atoms with van der Waals surface area (Å²) in [6, 6.07) is 11.8. The van der Waals surface area contributed by atoms with Crippen LogP contribution in [0.5, 0.6) is 0 Å². The van der Waals surface area contributed by atoms with Crippen LogP contribution >= 0.6 is 27.7 Å². The zero-order chi connectivity index (χ0) is 16.1. The molecule has 0 unspecified atom stereocenters. The smallest absolute Gasteiger partial charge is 0.338 e. The summed E-state index contributed by atoms with van der Waals surface area (Å²) in [7, 11) is 0. The van der Waals surface area contributed by atoms with Gasteiger partial charge in [0, 0.05) is 15.4 Å². The van der Waals surface area contributed by atoms with E-state index in [2.05, 4.69) is 15.9 Å². The first-order chi connectivity index (χ1) is 10.5. The highest BCUT2D eigenvalue weighted by atomic mass is 79.9. The van der Waals surface area contributed by atoms with Gasteiger partial charge >= 0.3 is 5.97 Å². The van der Waals surface area contributed by atoms with Crippen LogP contribution in [-0.2, 0) is 4.74 Å². The Hall–Kier alpha value is -1.86. The topological polar surface area (TPSA) is 69.4 Å². The number of carbonyl (C=O) groups is 1. The number of carbonyl (C=O) groups excluding carboxylic acids is 1. The first kappa shape index (κ1) is 16.5. The summed E-state index contributed by atoms with van der Waals surface area (Å²) in [6.45, 7) is 1.91. The number of hydrogen-bond donors (Lipinski definition) is 0. The van der Waals surface area contributed by atoms with Crippen molar-refractivity contribution >= 4 is 39.3 Å². The van der Waals surface area contributed by atoms with Crippen molar-refractivity contribution in [3.8, 4) is 0 Å². The number of ether oxygens (including phenoxy) is 1. The summed E-state index contributed by atoms with van der Waals surface area (Å²) in [6.07, 6.45) is 0. The summed E-state index contributed by atoms with van der Waals surface area (Å²) in [4.78, 5) is 23.7. The maximum atomic E-state index is 11.7. The molecule has 114 valence electrons. The van der Waals surface area contributed by atoms with Crippen LogP contribution in [0.4, 0.5) is 5.69 Å². The lowest BCUT2D eigenvalue weighted by Crippen LogP contribution is -2.05. The van der Waals surface area contributed by atoms with E-state index in [0.29, 0.717) is 4.90 Å². The molecule has 0 heterocycles. The third-order valence-electron chi connectivity index (χ3n) is 2.71. The Bertz CT molecular complexity index is 703. The minimum Gasteiger partial charge on any atom is -0.462 e. The van der Waals surface area contributed by atoms with E-state index in [-0.39, 0.29) is 17.9 Å². The van der Waals surface area contributed by atoms with Crippen LogP contribution in [0.15, 0.2) is 56.7 Å². The van der Waals surface area contributed by atoms with Crippen LogP contribution in [-0.4, -0.2) is 17.5 Å². The van der Waals surface area contributed by atoms with Crippen molar-refractivity contribution in [2.24, 2.45) is 0 Å². The SMILES string of the molecule is CCOC(=O)c1ccc(Sc2ccc(Br)cc2)c([N+](=O)[O-])c1. The third-order valence-corrected chi connectivity index (χ3v) is 4.31. The minimum atomic E-state index is -0.564. The monoisotopic (exact) mass is 381 g/mol. The van der Waals surface area contributed by atoms with E-state index in [9.17, 15) is 14.9 Å². The highest BCUT2D eigenvalue weighted by Gasteiger charge is 2.19. The van der Waals surface area contributed by atoms with E-state index in [1.165, 1.54) is 23.9 Å². The average molecular weight is 382 g/mol. The lowest BCUT2D eigenvalue weighted by molar-refractivity contribution is -0.387. The van der Waals surface area contributed by atoms with Crippen LogP contribution in [0, 0.1) is 10.1 Å². The van der Waals surface area contributed by atoms with Crippen molar-refractivity contribution in [2.75, 3.05) is 6.61 Å². The number of nitro groups is 1. The van der Waals surface area contributed by atoms with Gasteiger partial charge in [0.15, 0.2) is 0 Å². The molecule has 0 amide bonds. The number of benzene rings is 2. The lowest BCUT2D eigenvalue weighted by Gasteiger charge is -2.06. The van der Waals surface area contributed by atoms with Gasteiger partial charge in [-0.25, -0.2) is 4.79 Å². The van der Waals surface area contributed by atoms with Gasteiger partial charge in [-0.05, 0) is 43.3 Å². The molecule has 0 radical (unpaired) electrons. The molecule has 0 N–H and O–H groups in total. The van der Waals surface area contributed by atoms with E-state index in [4.69, 9.17) is 4.74 Å². The van der Waals surface area contributed by atoms with Crippen LogP contribution in [0.1, 0.15) is 17.3 Å². The molecule has 5 nitrogen and oxygen atoms in total. The molecule has 2 aromatic carbocycles. The number of halogens is 1. The molecule has 0 aromatic heterocycles. The fraction of sp³-hybridized carbons (Fsp3) is 0.133. The largest absolute Gasteiger partial charge is 0.462 e. The number of esters is 1. The Kier molecular flexibility index (Phi) is 5.57. The Balaban J connectivity index is 2.33. The normalized spacial score (nSPS) is 10.3. The number of hydrogen-bond acceptors (Lipinski definition) is 5. The van der Waals surface area contributed by atoms with Crippen molar-refractivity contribution in [3.05, 3.63) is 62.6 Å². The first-order valence-corrected chi connectivity index (χ1v) is 8.01. The summed E-state index contributed by atoms with van der Waals surface area (Å²) < 4.78 is 5.79. The highest BCUT2D eigenvalue weighted by Crippen LogP contribution is 2.35. The van der Waals surface area contributed by atoms with Crippen LogP contribution < -0.4 is 0 Å². The predicted molar refractivity (Wildman–Crippen MR) is 87.3 cm³/mol. The van der Waals surface area contributed by atoms with Gasteiger partial charge in [0.25, 0.3) is 5.69 Å². The molecule has 0 saturated carbocycles. The standard InChI is InChI=1S/C15H12BrNO4S/c1-2-21-15(18)10-3-8-14(13(9-10)17(19)20)22-12-6-4-11(16)5-7-12/h3-9H,2H2,1H3. The second-order valence-electron chi connectivity index (χ2n) is 4.22. The summed E-state index contributed by atoms with van der Waals surface area (Å²) in [5.41, 5.74) is 0.0622. The Labute approximate surface area is 140 Å². The first-order valence-electron chi connectivity index (χ1n) is 6.40. The van der Waals surface area contributed by atoms with E-state index >= 15 is 0 Å². The molecule has 0 fully saturated rings. The summed E-state index contributed by atoms with van der Waals surface area (Å²) in [5.74, 6) is -0.564. The van der Waals surface area contributed by atoms with Crippen molar-refractivity contribution in [1.82, 2.24) is 0 Å². The van der Waals surface area contributed by atoms with Gasteiger partial charge < -0.3 is 4.74 Å². The van der Waals surface area contributed by atoms with Crippen LogP contribution in [0.2, 0.25) is 0 Å². The van der Waals surface area contributed by atoms with Crippen molar-refractivity contribution in [3.63, 3.8) is 0 Å². The molecule has 0 bridgehead atoms. The molecule has 0 aliphatic rings. The van der Waals surface area contributed by atoms with Crippen molar-refractivity contribution in [1.29, 1.82) is 0 Å². The molecule has 0 atom stereocenters. The molecule has 2 rings (SSSR count). The van der Waals surface area contributed by atoms with Gasteiger partial charge in [-0.15, -0.1) is 0 Å². The lowest BCUT2D eigenvalue weighted by atomic mass is 10.2. The van der Waals surface area contributed by atoms with E-state index in [1.54, 1.807) is 13.0 Å². The van der Waals surface area contributed by atoms with Gasteiger partial charge in [-0.3, -0.25) is 10.1 Å². The molecule has 0 aliphatic heterocycles. The summed E-state index contributed by atoms with van der Waals surface area (Å²) in [5, 5.41) is 11.2. The molecule has 0 aliphatic carbocycles. The van der Waals surface area contributed by atoms with E-state index in [1.807, 2.05) is 24.3 Å². The quantitative estimate of drug-likeness (QED) is 0.427. The molecular weight excluding hydrogens is 370 g/mol. The third kappa shape index (κ3) is 4.08. The number of nitro benzene ring substituents is 1. The van der Waals surface area contributed by atoms with Crippen LogP contribution in [0.25, 0.3) is 0 Å². The number of nitrogens with zero attached hydrogens (tertiary/aromatic N) is 1. The number of rotatable bonds is 5.